The lowest BCUT2D eigenvalue weighted by Crippen LogP contribution is -2.39. The highest BCUT2D eigenvalue weighted by atomic mass is 16.2. The summed E-state index contributed by atoms with van der Waals surface area (Å²) in [5.41, 5.74) is 3.86. The van der Waals surface area contributed by atoms with Gasteiger partial charge in [0.2, 0.25) is 11.8 Å². The monoisotopic (exact) mass is 600 g/mol. The Morgan fingerprint density at radius 1 is 0.818 bits per heavy atom. The van der Waals surface area contributed by atoms with E-state index in [0.717, 1.165) is 35.3 Å². The van der Waals surface area contributed by atoms with E-state index in [1.165, 1.54) is 57.8 Å². The fraction of sp³-hybridized carbons (Fsp3) is 0.553. The highest BCUT2D eigenvalue weighted by molar-refractivity contribution is 5.94. The minimum absolute atomic E-state index is 0.0213. The third-order valence-electron chi connectivity index (χ3n) is 8.28. The van der Waals surface area contributed by atoms with Crippen LogP contribution < -0.4 is 5.32 Å². The number of aromatic nitrogens is 2. The number of aryl methyl sites for hydroxylation is 1. The van der Waals surface area contributed by atoms with Gasteiger partial charge in [-0.15, -0.1) is 0 Å². The van der Waals surface area contributed by atoms with Crippen LogP contribution in [0.5, 0.6) is 0 Å². The van der Waals surface area contributed by atoms with Crippen LogP contribution in [0, 0.1) is 6.92 Å². The molecule has 1 heterocycles. The Morgan fingerprint density at radius 3 is 2.02 bits per heavy atom. The first kappa shape index (κ1) is 35.1. The molecule has 0 aliphatic rings. The van der Waals surface area contributed by atoms with Crippen molar-refractivity contribution in [2.75, 3.05) is 18.4 Å². The highest BCUT2D eigenvalue weighted by Crippen LogP contribution is 2.27. The normalized spacial score (nSPS) is 11.5. The Balaban J connectivity index is 1.59. The Kier molecular flexibility index (Phi) is 14.7. The van der Waals surface area contributed by atoms with Crippen LogP contribution in [-0.4, -0.2) is 39.6 Å². The second-order valence-electron chi connectivity index (χ2n) is 13.2. The number of hydrogen-bond donors (Lipinski definition) is 1. The van der Waals surface area contributed by atoms with Crippen LogP contribution in [0.4, 0.5) is 5.82 Å². The summed E-state index contributed by atoms with van der Waals surface area (Å²) < 4.78 is 1.81. The summed E-state index contributed by atoms with van der Waals surface area (Å²) in [4.78, 5) is 28.6. The third kappa shape index (κ3) is 11.9. The topological polar surface area (TPSA) is 67.2 Å². The summed E-state index contributed by atoms with van der Waals surface area (Å²) in [6.45, 7) is 11.2. The van der Waals surface area contributed by atoms with E-state index in [2.05, 4.69) is 45.1 Å². The summed E-state index contributed by atoms with van der Waals surface area (Å²) in [5.74, 6) is 0.463. The second-order valence-corrected chi connectivity index (χ2v) is 13.2. The molecule has 0 aliphatic carbocycles. The number of para-hydroxylation sites is 1. The van der Waals surface area contributed by atoms with Crippen LogP contribution in [-0.2, 0) is 21.4 Å². The predicted molar refractivity (Wildman–Crippen MR) is 183 cm³/mol. The first-order chi connectivity index (χ1) is 21.2. The molecule has 3 aromatic rings. The van der Waals surface area contributed by atoms with Gasteiger partial charge in [-0.05, 0) is 37.0 Å². The highest BCUT2D eigenvalue weighted by Gasteiger charge is 2.23. The number of amides is 2. The van der Waals surface area contributed by atoms with Crippen molar-refractivity contribution in [3.63, 3.8) is 0 Å². The number of rotatable bonds is 19. The second kappa shape index (κ2) is 18.4. The van der Waals surface area contributed by atoms with Crippen LogP contribution in [0.15, 0.2) is 60.7 Å². The molecule has 240 valence electrons. The van der Waals surface area contributed by atoms with Crippen LogP contribution >= 0.6 is 0 Å². The zero-order valence-electron chi connectivity index (χ0n) is 28.0. The molecule has 3 rings (SSSR count). The van der Waals surface area contributed by atoms with Gasteiger partial charge in [-0.3, -0.25) is 9.59 Å². The lowest BCUT2D eigenvalue weighted by atomic mass is 9.92. The van der Waals surface area contributed by atoms with Gasteiger partial charge in [0.25, 0.3) is 0 Å². The number of carbonyl (C=O) groups excluding carboxylic acids is 2. The fourth-order valence-electron chi connectivity index (χ4n) is 5.48. The Morgan fingerprint density at radius 2 is 1.41 bits per heavy atom. The molecule has 0 saturated carbocycles. The average molecular weight is 601 g/mol. The number of carbonyl (C=O) groups is 2. The largest absolute Gasteiger partial charge is 0.333 e. The van der Waals surface area contributed by atoms with Gasteiger partial charge in [-0.1, -0.05) is 140 Å². The molecule has 1 N–H and O–H groups in total. The van der Waals surface area contributed by atoms with Crippen molar-refractivity contribution in [2.45, 2.75) is 124 Å². The van der Waals surface area contributed by atoms with E-state index < -0.39 is 0 Å². The molecular weight excluding hydrogens is 544 g/mol. The molecular formula is C38H56N4O2. The SMILES string of the molecule is CCCCCCCCCCCCCC(=O)N(CCc1ccccc1)CC(=O)Nc1cc(C(C)(C)C)nn1-c1ccccc1C. The molecule has 0 fully saturated rings. The maximum atomic E-state index is 13.5. The van der Waals surface area contributed by atoms with Crippen LogP contribution in [0.1, 0.15) is 122 Å². The number of nitrogens with one attached hydrogen (secondary N) is 1. The summed E-state index contributed by atoms with van der Waals surface area (Å²) in [7, 11) is 0. The molecule has 0 radical (unpaired) electrons. The minimum atomic E-state index is -0.208. The number of benzene rings is 2. The zero-order valence-corrected chi connectivity index (χ0v) is 28.0. The van der Waals surface area contributed by atoms with Crippen molar-refractivity contribution in [1.82, 2.24) is 14.7 Å². The molecule has 0 spiro atoms. The van der Waals surface area contributed by atoms with E-state index in [1.54, 1.807) is 4.90 Å². The van der Waals surface area contributed by atoms with Gasteiger partial charge in [0.05, 0.1) is 17.9 Å². The van der Waals surface area contributed by atoms with E-state index in [-0.39, 0.29) is 23.8 Å². The molecule has 44 heavy (non-hydrogen) atoms. The van der Waals surface area contributed by atoms with Crippen molar-refractivity contribution in [1.29, 1.82) is 0 Å². The standard InChI is InChI=1S/C38H56N4O2/c1-6-7-8-9-10-11-12-13-14-15-19-26-37(44)41(28-27-32-23-17-16-18-24-32)30-36(43)39-35-29-34(38(3,4)5)40-42(35)33-25-21-20-22-31(33)2/h16-18,20-25,29H,6-15,19,26-28,30H2,1-5H3,(H,39,43). The number of anilines is 1. The van der Waals surface area contributed by atoms with E-state index in [4.69, 9.17) is 5.10 Å². The van der Waals surface area contributed by atoms with Gasteiger partial charge in [0.1, 0.15) is 5.82 Å². The quantitative estimate of drug-likeness (QED) is 0.140. The van der Waals surface area contributed by atoms with Gasteiger partial charge in [-0.25, -0.2) is 4.68 Å². The predicted octanol–water partition coefficient (Wildman–Crippen LogP) is 9.19. The third-order valence-corrected chi connectivity index (χ3v) is 8.28. The van der Waals surface area contributed by atoms with E-state index in [0.29, 0.717) is 25.2 Å². The van der Waals surface area contributed by atoms with E-state index >= 15 is 0 Å². The number of hydrogen-bond acceptors (Lipinski definition) is 3. The fourth-order valence-corrected chi connectivity index (χ4v) is 5.48. The van der Waals surface area contributed by atoms with Gasteiger partial charge in [-0.2, -0.15) is 5.10 Å². The average Bonchev–Trinajstić information content (AvgIpc) is 3.42. The number of nitrogens with zero attached hydrogens (tertiary/aromatic N) is 3. The zero-order chi connectivity index (χ0) is 31.8. The van der Waals surface area contributed by atoms with Gasteiger partial charge in [0.15, 0.2) is 0 Å². The molecule has 6 heteroatoms. The lowest BCUT2D eigenvalue weighted by Gasteiger charge is -2.23. The Hall–Kier alpha value is -3.41. The summed E-state index contributed by atoms with van der Waals surface area (Å²) in [6, 6.07) is 20.1. The van der Waals surface area contributed by atoms with Gasteiger partial charge in [0, 0.05) is 24.4 Å². The van der Waals surface area contributed by atoms with Crippen LogP contribution in [0.2, 0.25) is 0 Å². The van der Waals surface area contributed by atoms with Gasteiger partial charge >= 0.3 is 0 Å². The van der Waals surface area contributed by atoms with E-state index in [1.807, 2.05) is 60.1 Å². The van der Waals surface area contributed by atoms with Crippen LogP contribution in [0.3, 0.4) is 0 Å². The van der Waals surface area contributed by atoms with Crippen molar-refractivity contribution in [2.24, 2.45) is 0 Å². The Bertz CT molecular complexity index is 1280. The van der Waals surface area contributed by atoms with Crippen molar-refractivity contribution < 1.29 is 9.59 Å². The van der Waals surface area contributed by atoms with Crippen molar-refractivity contribution in [3.8, 4) is 5.69 Å². The summed E-state index contributed by atoms with van der Waals surface area (Å²) >= 11 is 0. The maximum Gasteiger partial charge on any atom is 0.245 e. The smallest absolute Gasteiger partial charge is 0.245 e. The molecule has 6 nitrogen and oxygen atoms in total. The summed E-state index contributed by atoms with van der Waals surface area (Å²) in [5, 5.41) is 7.96. The molecule has 0 aliphatic heterocycles. The minimum Gasteiger partial charge on any atom is -0.333 e. The molecule has 2 aromatic carbocycles. The lowest BCUT2D eigenvalue weighted by molar-refractivity contribution is -0.134. The van der Waals surface area contributed by atoms with Crippen molar-refractivity contribution in [3.05, 3.63) is 77.5 Å². The maximum absolute atomic E-state index is 13.5. The number of unbranched alkanes of at least 4 members (excludes halogenated alkanes) is 10. The first-order valence-electron chi connectivity index (χ1n) is 17.0. The molecule has 0 unspecified atom stereocenters. The van der Waals surface area contributed by atoms with Crippen LogP contribution in [0.25, 0.3) is 5.69 Å². The molecule has 0 atom stereocenters. The van der Waals surface area contributed by atoms with Crippen molar-refractivity contribution >= 4 is 17.6 Å². The molecule has 2 amide bonds. The van der Waals surface area contributed by atoms with Gasteiger partial charge < -0.3 is 10.2 Å². The Labute approximate surface area is 266 Å². The molecule has 0 bridgehead atoms. The van der Waals surface area contributed by atoms with E-state index in [9.17, 15) is 9.59 Å². The summed E-state index contributed by atoms with van der Waals surface area (Å²) in [6.07, 6.45) is 14.9. The molecule has 1 aromatic heterocycles. The molecule has 0 saturated heterocycles. The first-order valence-corrected chi connectivity index (χ1v) is 17.0.